The van der Waals surface area contributed by atoms with E-state index in [9.17, 15) is 0 Å². The van der Waals surface area contributed by atoms with Crippen LogP contribution in [0.1, 0.15) is 25.1 Å². The Hall–Kier alpha value is -2.48. The highest BCUT2D eigenvalue weighted by Crippen LogP contribution is 2.34. The van der Waals surface area contributed by atoms with E-state index >= 15 is 0 Å². The van der Waals surface area contributed by atoms with Crippen LogP contribution >= 0.6 is 0 Å². The summed E-state index contributed by atoms with van der Waals surface area (Å²) in [6.45, 7) is 4.51. The molecule has 2 atom stereocenters. The lowest BCUT2D eigenvalue weighted by molar-refractivity contribution is 0.0858. The highest BCUT2D eigenvalue weighted by Gasteiger charge is 2.31. The van der Waals surface area contributed by atoms with Gasteiger partial charge in [0.2, 0.25) is 0 Å². The molecule has 120 valence electrons. The largest absolute Gasteiger partial charge is 0.372 e. The fraction of sp³-hybridized carbons (Fsp3) is 0.467. The van der Waals surface area contributed by atoms with Gasteiger partial charge in [-0.25, -0.2) is 9.97 Å². The molecule has 1 aliphatic heterocycles. The van der Waals surface area contributed by atoms with Crippen LogP contribution in [0.5, 0.6) is 0 Å². The molecule has 3 aromatic heterocycles. The van der Waals surface area contributed by atoms with Crippen LogP contribution in [0.15, 0.2) is 24.8 Å². The lowest BCUT2D eigenvalue weighted by Crippen LogP contribution is -2.20. The first kappa shape index (κ1) is 14.1. The minimum Gasteiger partial charge on any atom is -0.372 e. The lowest BCUT2D eigenvalue weighted by atomic mass is 9.99. The molecule has 0 saturated carbocycles. The van der Waals surface area contributed by atoms with Crippen molar-refractivity contribution in [3.05, 3.63) is 30.5 Å². The summed E-state index contributed by atoms with van der Waals surface area (Å²) in [4.78, 5) is 8.48. The number of nitrogens with one attached hydrogen (secondary N) is 2. The number of hydrogen-bond donors (Lipinski definition) is 2. The van der Waals surface area contributed by atoms with Gasteiger partial charge in [0.25, 0.3) is 0 Å². The third-order valence-corrected chi connectivity index (χ3v) is 4.33. The Balaban J connectivity index is 1.51. The minimum absolute atomic E-state index is 0.0756. The van der Waals surface area contributed by atoms with Crippen molar-refractivity contribution in [3.8, 4) is 0 Å². The first-order valence-corrected chi connectivity index (χ1v) is 7.88. The molecule has 0 spiro atoms. The number of aromatic nitrogens is 6. The molecule has 0 unspecified atom stereocenters. The second-order valence-electron chi connectivity index (χ2n) is 5.65. The maximum Gasteiger partial charge on any atom is 0.160 e. The summed E-state index contributed by atoms with van der Waals surface area (Å²) in [5, 5.41) is 15.6. The summed E-state index contributed by atoms with van der Waals surface area (Å²) >= 11 is 0. The maximum atomic E-state index is 5.96. The van der Waals surface area contributed by atoms with Gasteiger partial charge in [-0.1, -0.05) is 0 Å². The van der Waals surface area contributed by atoms with E-state index in [2.05, 4.69) is 37.5 Å². The van der Waals surface area contributed by atoms with Gasteiger partial charge in [0.15, 0.2) is 5.65 Å². The molecule has 8 heteroatoms. The third kappa shape index (κ3) is 2.55. The summed E-state index contributed by atoms with van der Waals surface area (Å²) in [7, 11) is 0. The van der Waals surface area contributed by atoms with Crippen molar-refractivity contribution in [1.82, 2.24) is 29.9 Å². The Bertz CT molecular complexity index is 796. The van der Waals surface area contributed by atoms with Crippen molar-refractivity contribution >= 4 is 16.9 Å². The van der Waals surface area contributed by atoms with E-state index in [1.807, 2.05) is 16.9 Å². The highest BCUT2D eigenvalue weighted by molar-refractivity contribution is 5.85. The zero-order valence-electron chi connectivity index (χ0n) is 12.9. The number of ether oxygens (including phenoxy) is 1. The molecule has 0 bridgehead atoms. The topological polar surface area (TPSA) is 93.5 Å². The molecule has 23 heavy (non-hydrogen) atoms. The summed E-state index contributed by atoms with van der Waals surface area (Å²) in [6, 6.07) is 2.05. The van der Waals surface area contributed by atoms with Crippen LogP contribution in [0.2, 0.25) is 0 Å². The van der Waals surface area contributed by atoms with Crippen LogP contribution in [-0.4, -0.2) is 43.1 Å². The van der Waals surface area contributed by atoms with E-state index in [4.69, 9.17) is 4.74 Å². The molecule has 4 heterocycles. The standard InChI is InChI=1S/C15H19N7O/c1-2-22-12(3-5-20-22)13-10(4-6-23-13)7-16-14-11-8-19-21-15(11)18-9-17-14/h3,5,8-10,13H,2,4,6-7H2,1H3,(H2,16,17,18,19,21)/t10-,13+/m0/s1. The van der Waals surface area contributed by atoms with Crippen molar-refractivity contribution in [2.45, 2.75) is 26.0 Å². The second-order valence-corrected chi connectivity index (χ2v) is 5.65. The third-order valence-electron chi connectivity index (χ3n) is 4.33. The van der Waals surface area contributed by atoms with Gasteiger partial charge in [-0.3, -0.25) is 9.78 Å². The fourth-order valence-corrected chi connectivity index (χ4v) is 3.15. The van der Waals surface area contributed by atoms with Crippen LogP contribution in [-0.2, 0) is 11.3 Å². The lowest BCUT2D eigenvalue weighted by Gasteiger charge is -2.20. The van der Waals surface area contributed by atoms with Crippen molar-refractivity contribution in [2.24, 2.45) is 5.92 Å². The first-order valence-electron chi connectivity index (χ1n) is 7.88. The normalized spacial score (nSPS) is 21.1. The van der Waals surface area contributed by atoms with Gasteiger partial charge >= 0.3 is 0 Å². The van der Waals surface area contributed by atoms with Gasteiger partial charge in [-0.15, -0.1) is 0 Å². The predicted octanol–water partition coefficient (Wildman–Crippen LogP) is 1.76. The zero-order valence-corrected chi connectivity index (χ0v) is 12.9. The molecular weight excluding hydrogens is 294 g/mol. The predicted molar refractivity (Wildman–Crippen MR) is 84.9 cm³/mol. The molecule has 1 aliphatic rings. The van der Waals surface area contributed by atoms with Crippen LogP contribution in [0.3, 0.4) is 0 Å². The molecule has 1 fully saturated rings. The van der Waals surface area contributed by atoms with Crippen LogP contribution in [0, 0.1) is 5.92 Å². The minimum atomic E-state index is 0.0756. The van der Waals surface area contributed by atoms with Gasteiger partial charge in [0.1, 0.15) is 18.2 Å². The van der Waals surface area contributed by atoms with E-state index < -0.39 is 0 Å². The molecule has 0 aromatic carbocycles. The Morgan fingerprint density at radius 3 is 3.30 bits per heavy atom. The molecule has 2 N–H and O–H groups in total. The van der Waals surface area contributed by atoms with Gasteiger partial charge in [-0.2, -0.15) is 10.2 Å². The van der Waals surface area contributed by atoms with Crippen LogP contribution in [0.25, 0.3) is 11.0 Å². The highest BCUT2D eigenvalue weighted by atomic mass is 16.5. The summed E-state index contributed by atoms with van der Waals surface area (Å²) in [5.41, 5.74) is 1.89. The molecule has 0 amide bonds. The fourth-order valence-electron chi connectivity index (χ4n) is 3.15. The number of fused-ring (bicyclic) bond motifs is 1. The van der Waals surface area contributed by atoms with Crippen molar-refractivity contribution in [3.63, 3.8) is 0 Å². The number of H-pyrrole nitrogens is 1. The smallest absolute Gasteiger partial charge is 0.160 e. The maximum absolute atomic E-state index is 5.96. The van der Waals surface area contributed by atoms with Gasteiger partial charge in [-0.05, 0) is 19.4 Å². The zero-order chi connectivity index (χ0) is 15.6. The number of hydrogen-bond acceptors (Lipinski definition) is 6. The number of aryl methyl sites for hydroxylation is 1. The second kappa shape index (κ2) is 5.96. The number of nitrogens with zero attached hydrogens (tertiary/aromatic N) is 5. The van der Waals surface area contributed by atoms with Crippen LogP contribution < -0.4 is 5.32 Å². The summed E-state index contributed by atoms with van der Waals surface area (Å²) < 4.78 is 7.96. The molecule has 1 saturated heterocycles. The van der Waals surface area contributed by atoms with E-state index in [0.29, 0.717) is 5.92 Å². The molecule has 8 nitrogen and oxygen atoms in total. The van der Waals surface area contributed by atoms with E-state index in [0.717, 1.165) is 48.7 Å². The molecule has 4 rings (SSSR count). The monoisotopic (exact) mass is 313 g/mol. The Kier molecular flexibility index (Phi) is 3.66. The number of aromatic amines is 1. The van der Waals surface area contributed by atoms with Gasteiger partial charge in [0.05, 0.1) is 17.3 Å². The van der Waals surface area contributed by atoms with Crippen molar-refractivity contribution < 1.29 is 4.74 Å². The van der Waals surface area contributed by atoms with Crippen LogP contribution in [0.4, 0.5) is 5.82 Å². The Morgan fingerprint density at radius 1 is 1.43 bits per heavy atom. The number of rotatable bonds is 5. The van der Waals surface area contributed by atoms with E-state index in [1.165, 1.54) is 6.33 Å². The molecule has 0 aliphatic carbocycles. The van der Waals surface area contributed by atoms with Crippen molar-refractivity contribution in [1.29, 1.82) is 0 Å². The van der Waals surface area contributed by atoms with E-state index in [-0.39, 0.29) is 6.10 Å². The average Bonchev–Trinajstić information content (AvgIpc) is 3.30. The van der Waals surface area contributed by atoms with E-state index in [1.54, 1.807) is 6.20 Å². The molecule has 0 radical (unpaired) electrons. The average molecular weight is 313 g/mol. The summed E-state index contributed by atoms with van der Waals surface area (Å²) in [6.07, 6.45) is 6.22. The quantitative estimate of drug-likeness (QED) is 0.745. The van der Waals surface area contributed by atoms with Gasteiger partial charge in [0, 0.05) is 31.8 Å². The Labute approximate surface area is 133 Å². The first-order chi connectivity index (χ1) is 11.4. The Morgan fingerprint density at radius 2 is 2.39 bits per heavy atom. The molecule has 3 aromatic rings. The summed E-state index contributed by atoms with van der Waals surface area (Å²) in [5.74, 6) is 1.19. The van der Waals surface area contributed by atoms with Gasteiger partial charge < -0.3 is 10.1 Å². The number of anilines is 1. The van der Waals surface area contributed by atoms with Crippen molar-refractivity contribution in [2.75, 3.05) is 18.5 Å². The molecular formula is C15H19N7O. The SMILES string of the molecule is CCn1nccc1[C@@H]1OCC[C@H]1CNc1ncnc2[nH]ncc12.